The van der Waals surface area contributed by atoms with Crippen LogP contribution in [-0.2, 0) is 32.7 Å². The van der Waals surface area contributed by atoms with Gasteiger partial charge in [-0.3, -0.25) is 14.4 Å². The number of ether oxygens (including phenoxy) is 2. The number of Topliss-reactive ketones (excluding diaryl/α,β-unsaturated/α-hetero) is 1. The van der Waals surface area contributed by atoms with Crippen molar-refractivity contribution in [3.05, 3.63) is 12.2 Å². The topological polar surface area (TPSA) is 88.1 Å². The van der Waals surface area contributed by atoms with Crippen molar-refractivity contribution >= 4 is 34.4 Å². The van der Waals surface area contributed by atoms with Crippen molar-refractivity contribution in [1.29, 1.82) is 0 Å². The van der Waals surface area contributed by atoms with Crippen LogP contribution in [0.25, 0.3) is 0 Å². The van der Waals surface area contributed by atoms with Crippen LogP contribution in [0.4, 0.5) is 0 Å². The monoisotopic (exact) mass is 520 g/mol. The summed E-state index contributed by atoms with van der Waals surface area (Å²) in [7, 11) is -2.74. The van der Waals surface area contributed by atoms with Crippen molar-refractivity contribution in [3.63, 3.8) is 0 Å². The summed E-state index contributed by atoms with van der Waals surface area (Å²) >= 11 is 0. The summed E-state index contributed by atoms with van der Waals surface area (Å²) in [5.41, 5.74) is -1.61. The molecule has 0 amide bonds. The van der Waals surface area contributed by atoms with E-state index < -0.39 is 51.0 Å². The molecule has 4 aliphatic carbocycles. The Labute approximate surface area is 210 Å². The molecule has 1 spiro atoms. The van der Waals surface area contributed by atoms with Gasteiger partial charge in [0.2, 0.25) is 0 Å². The van der Waals surface area contributed by atoms with Crippen LogP contribution in [0.2, 0.25) is 39.3 Å². The van der Waals surface area contributed by atoms with E-state index in [2.05, 4.69) is 45.9 Å². The lowest BCUT2D eigenvalue weighted by atomic mass is 9.58. The van der Waals surface area contributed by atoms with Gasteiger partial charge in [-0.05, 0) is 64.5 Å². The van der Waals surface area contributed by atoms with Crippen molar-refractivity contribution in [3.8, 4) is 0 Å². The highest BCUT2D eigenvalue weighted by Crippen LogP contribution is 2.78. The molecule has 4 saturated carbocycles. The number of hydrogen-bond donors (Lipinski definition) is 0. The van der Waals surface area contributed by atoms with Gasteiger partial charge in [-0.2, -0.15) is 0 Å². The van der Waals surface area contributed by atoms with Gasteiger partial charge < -0.3 is 18.3 Å². The third-order valence-electron chi connectivity index (χ3n) is 9.45. The molecule has 7 nitrogen and oxygen atoms in total. The molecule has 4 bridgehead atoms. The molecule has 1 saturated heterocycles. The van der Waals surface area contributed by atoms with Gasteiger partial charge in [0.15, 0.2) is 16.6 Å². The van der Waals surface area contributed by atoms with Gasteiger partial charge in [0.1, 0.15) is 11.4 Å². The number of carbonyl (C=O) groups excluding carboxylic acids is 3. The number of carbonyl (C=O) groups is 3. The zero-order valence-electron chi connectivity index (χ0n) is 22.4. The Bertz CT molecular complexity index is 1010. The molecule has 35 heavy (non-hydrogen) atoms. The normalized spacial score (nSPS) is 46.3. The summed E-state index contributed by atoms with van der Waals surface area (Å²) < 4.78 is 25.4. The molecule has 9 heteroatoms. The predicted molar refractivity (Wildman–Crippen MR) is 134 cm³/mol. The van der Waals surface area contributed by atoms with Gasteiger partial charge in [-0.1, -0.05) is 12.2 Å². The molecule has 5 fully saturated rings. The van der Waals surface area contributed by atoms with Crippen LogP contribution < -0.4 is 0 Å². The molecule has 5 rings (SSSR count). The number of esters is 2. The Morgan fingerprint density at radius 2 is 1.69 bits per heavy atom. The summed E-state index contributed by atoms with van der Waals surface area (Å²) in [5.74, 6) is -1.95. The molecule has 4 unspecified atom stereocenters. The fourth-order valence-electron chi connectivity index (χ4n) is 8.68. The SMILES string of the molecule is C=C1C[C@]23C[C@H]1C(=O)CC2[C@@]12C[C@H](O[Si](C)(C)C)[C@H](O[Si](C)(C)C)C(C)(C(=O)O1)C2C3C(=O)OC. The van der Waals surface area contributed by atoms with Gasteiger partial charge in [-0.25, -0.2) is 0 Å². The average Bonchev–Trinajstić information content (AvgIpc) is 3.19. The summed E-state index contributed by atoms with van der Waals surface area (Å²) in [6.45, 7) is 18.9. The molecule has 0 radical (unpaired) electrons. The quantitative estimate of drug-likeness (QED) is 0.306. The molecular formula is C26H40O7Si2. The molecule has 194 valence electrons. The number of fused-ring (bicyclic) bond motifs is 1. The molecule has 0 N–H and O–H groups in total. The Balaban J connectivity index is 1.73. The van der Waals surface area contributed by atoms with Crippen molar-refractivity contribution in [2.75, 3.05) is 7.11 Å². The van der Waals surface area contributed by atoms with Gasteiger partial charge in [0.25, 0.3) is 0 Å². The fourth-order valence-corrected chi connectivity index (χ4v) is 11.0. The van der Waals surface area contributed by atoms with Crippen molar-refractivity contribution < 1.29 is 32.7 Å². The lowest BCUT2D eigenvalue weighted by molar-refractivity contribution is -0.165. The summed E-state index contributed by atoms with van der Waals surface area (Å²) in [5, 5.41) is 0. The Kier molecular flexibility index (Phi) is 5.35. The Morgan fingerprint density at radius 1 is 1.06 bits per heavy atom. The maximum absolute atomic E-state index is 13.9. The molecule has 0 aromatic heterocycles. The van der Waals surface area contributed by atoms with Crippen molar-refractivity contribution in [2.45, 2.75) is 89.7 Å². The lowest BCUT2D eigenvalue weighted by Gasteiger charge is -2.51. The first-order valence-corrected chi connectivity index (χ1v) is 19.7. The number of rotatable bonds is 5. The van der Waals surface area contributed by atoms with Crippen LogP contribution >= 0.6 is 0 Å². The number of methoxy groups -OCH3 is 1. The molecule has 0 aromatic carbocycles. The first kappa shape index (κ1) is 25.4. The second-order valence-corrected chi connectivity index (χ2v) is 22.7. The molecule has 9 atom stereocenters. The predicted octanol–water partition coefficient (Wildman–Crippen LogP) is 4.09. The van der Waals surface area contributed by atoms with Crippen LogP contribution in [0.5, 0.6) is 0 Å². The van der Waals surface area contributed by atoms with E-state index in [9.17, 15) is 14.4 Å². The number of hydrogen-bond acceptors (Lipinski definition) is 7. The van der Waals surface area contributed by atoms with Gasteiger partial charge in [0.05, 0.1) is 30.7 Å². The Hall–Kier alpha value is -1.30. The second kappa shape index (κ2) is 7.39. The van der Waals surface area contributed by atoms with E-state index in [1.807, 2.05) is 6.92 Å². The fraction of sp³-hybridized carbons (Fsp3) is 0.808. The molecular weight excluding hydrogens is 480 g/mol. The maximum Gasteiger partial charge on any atom is 0.315 e. The standard InChI is InChI=1S/C26H40O7Si2/c1-14-11-25-12-15(14)16(27)10-18(25)26-13-17(32-34(4,5)6)21(33-35(7,8)9)24(2,23(29)31-26)20(26)19(25)22(28)30-3/h15,17-21H,1,10-13H2,2-9H3/t15-,17+,18?,19?,20?,21+,24?,25+,26-/m1/s1. The zero-order valence-corrected chi connectivity index (χ0v) is 24.4. The maximum atomic E-state index is 13.9. The third kappa shape index (κ3) is 3.30. The van der Waals surface area contributed by atoms with Crippen LogP contribution in [0.15, 0.2) is 12.2 Å². The van der Waals surface area contributed by atoms with Gasteiger partial charge >= 0.3 is 11.9 Å². The van der Waals surface area contributed by atoms with Crippen molar-refractivity contribution in [1.82, 2.24) is 0 Å². The minimum absolute atomic E-state index is 0.152. The van der Waals surface area contributed by atoms with Crippen LogP contribution in [0, 0.1) is 34.5 Å². The van der Waals surface area contributed by atoms with E-state index in [0.717, 1.165) is 5.57 Å². The summed E-state index contributed by atoms with van der Waals surface area (Å²) in [4.78, 5) is 40.7. The van der Waals surface area contributed by atoms with Crippen LogP contribution in [0.1, 0.15) is 32.6 Å². The first-order valence-electron chi connectivity index (χ1n) is 12.9. The van der Waals surface area contributed by atoms with E-state index in [0.29, 0.717) is 25.7 Å². The Morgan fingerprint density at radius 3 is 2.26 bits per heavy atom. The highest BCUT2D eigenvalue weighted by atomic mass is 28.4. The van der Waals surface area contributed by atoms with E-state index in [-0.39, 0.29) is 35.7 Å². The highest BCUT2D eigenvalue weighted by Gasteiger charge is 2.85. The van der Waals surface area contributed by atoms with Crippen LogP contribution in [0.3, 0.4) is 0 Å². The largest absolute Gasteiger partial charge is 0.469 e. The summed E-state index contributed by atoms with van der Waals surface area (Å²) in [6, 6.07) is 0. The smallest absolute Gasteiger partial charge is 0.315 e. The van der Waals surface area contributed by atoms with E-state index in [1.54, 1.807) is 0 Å². The van der Waals surface area contributed by atoms with E-state index in [1.165, 1.54) is 7.11 Å². The second-order valence-electron chi connectivity index (χ2n) is 13.8. The molecule has 1 heterocycles. The number of allylic oxidation sites excluding steroid dienone is 1. The van der Waals surface area contributed by atoms with E-state index in [4.69, 9.17) is 18.3 Å². The first-order chi connectivity index (χ1) is 16.0. The van der Waals surface area contributed by atoms with Crippen LogP contribution in [-0.4, -0.2) is 59.3 Å². The lowest BCUT2D eigenvalue weighted by Crippen LogP contribution is -2.63. The van der Waals surface area contributed by atoms with Gasteiger partial charge in [-0.15, -0.1) is 0 Å². The molecule has 5 aliphatic rings. The molecule has 0 aromatic rings. The molecule has 1 aliphatic heterocycles. The number of ketones is 1. The summed E-state index contributed by atoms with van der Waals surface area (Å²) in [6.07, 6.45) is 1.07. The average molecular weight is 521 g/mol. The highest BCUT2D eigenvalue weighted by molar-refractivity contribution is 6.70. The zero-order chi connectivity index (χ0) is 25.9. The minimum atomic E-state index is -2.12. The van der Waals surface area contributed by atoms with Crippen molar-refractivity contribution in [2.24, 2.45) is 34.5 Å². The third-order valence-corrected chi connectivity index (χ3v) is 11.4. The minimum Gasteiger partial charge on any atom is -0.469 e. The van der Waals surface area contributed by atoms with E-state index >= 15 is 0 Å². The van der Waals surface area contributed by atoms with Gasteiger partial charge in [0, 0.05) is 30.6 Å².